The number of aryl methyl sites for hydroxylation is 1. The van der Waals surface area contributed by atoms with Crippen LogP contribution in [0.3, 0.4) is 0 Å². The lowest BCUT2D eigenvalue weighted by atomic mass is 9.94. The highest BCUT2D eigenvalue weighted by atomic mass is 19.1. The molecule has 37 heavy (non-hydrogen) atoms. The zero-order valence-corrected chi connectivity index (χ0v) is 20.8. The SMILES string of the molecule is CCOc1cc(C2/C(=C(/O)c3ccc(OC)c(C)c3)C(=O)C(=O)N2CCc2ccc(F)cc2)ccc1O. The number of nitrogens with zero attached hydrogens (tertiary/aromatic N) is 1. The first-order valence-electron chi connectivity index (χ1n) is 11.9. The number of amides is 1. The highest BCUT2D eigenvalue weighted by molar-refractivity contribution is 6.46. The normalized spacial score (nSPS) is 16.8. The van der Waals surface area contributed by atoms with Gasteiger partial charge in [-0.1, -0.05) is 18.2 Å². The summed E-state index contributed by atoms with van der Waals surface area (Å²) in [5, 5.41) is 21.5. The molecule has 1 amide bonds. The van der Waals surface area contributed by atoms with Crippen LogP contribution in [-0.2, 0) is 16.0 Å². The van der Waals surface area contributed by atoms with E-state index < -0.39 is 17.7 Å². The average Bonchev–Trinajstić information content (AvgIpc) is 3.14. The van der Waals surface area contributed by atoms with E-state index in [0.717, 1.165) is 11.1 Å². The number of benzene rings is 3. The van der Waals surface area contributed by atoms with Crippen LogP contribution in [0.1, 0.15) is 35.2 Å². The second-order valence-electron chi connectivity index (χ2n) is 8.71. The number of likely N-dealkylation sites (tertiary alicyclic amines) is 1. The van der Waals surface area contributed by atoms with Gasteiger partial charge in [-0.25, -0.2) is 4.39 Å². The molecule has 7 nitrogen and oxygen atoms in total. The molecule has 1 saturated heterocycles. The van der Waals surface area contributed by atoms with Gasteiger partial charge in [-0.15, -0.1) is 0 Å². The Kier molecular flexibility index (Phi) is 7.47. The molecule has 1 atom stereocenters. The number of phenolic OH excluding ortho intramolecular Hbond substituents is 1. The number of Topliss-reactive ketones (excluding diaryl/α,β-unsaturated/α-hetero) is 1. The molecule has 3 aromatic carbocycles. The Morgan fingerprint density at radius 1 is 1.03 bits per heavy atom. The fraction of sp³-hybridized carbons (Fsp3) is 0.241. The number of aromatic hydroxyl groups is 1. The van der Waals surface area contributed by atoms with E-state index in [0.29, 0.717) is 29.9 Å². The molecular formula is C29H28FNO6. The van der Waals surface area contributed by atoms with Crippen molar-refractivity contribution in [3.63, 3.8) is 0 Å². The van der Waals surface area contributed by atoms with Crippen molar-refractivity contribution >= 4 is 17.4 Å². The van der Waals surface area contributed by atoms with Crippen molar-refractivity contribution in [3.8, 4) is 17.2 Å². The summed E-state index contributed by atoms with van der Waals surface area (Å²) in [5.74, 6) is -1.53. The molecule has 0 bridgehead atoms. The van der Waals surface area contributed by atoms with Crippen LogP contribution in [0.2, 0.25) is 0 Å². The molecule has 2 N–H and O–H groups in total. The predicted molar refractivity (Wildman–Crippen MR) is 136 cm³/mol. The van der Waals surface area contributed by atoms with E-state index in [2.05, 4.69) is 0 Å². The molecule has 1 heterocycles. The van der Waals surface area contributed by atoms with E-state index in [1.165, 1.54) is 30.2 Å². The van der Waals surface area contributed by atoms with Crippen LogP contribution in [0.4, 0.5) is 4.39 Å². The maximum atomic E-state index is 13.4. The molecule has 1 aliphatic heterocycles. The van der Waals surface area contributed by atoms with Crippen molar-refractivity contribution < 1.29 is 33.7 Å². The van der Waals surface area contributed by atoms with Crippen LogP contribution in [0.15, 0.2) is 66.2 Å². The highest BCUT2D eigenvalue weighted by Gasteiger charge is 2.46. The minimum Gasteiger partial charge on any atom is -0.507 e. The zero-order chi connectivity index (χ0) is 26.7. The molecular weight excluding hydrogens is 477 g/mol. The first kappa shape index (κ1) is 25.8. The van der Waals surface area contributed by atoms with E-state index in [1.807, 2.05) is 6.92 Å². The first-order chi connectivity index (χ1) is 17.7. The van der Waals surface area contributed by atoms with Crippen LogP contribution in [0.25, 0.3) is 5.76 Å². The van der Waals surface area contributed by atoms with Gasteiger partial charge in [0.2, 0.25) is 0 Å². The third kappa shape index (κ3) is 5.14. The van der Waals surface area contributed by atoms with Gasteiger partial charge >= 0.3 is 0 Å². The Labute approximate surface area is 214 Å². The number of phenols is 1. The Morgan fingerprint density at radius 2 is 1.76 bits per heavy atom. The number of rotatable bonds is 8. The smallest absolute Gasteiger partial charge is 0.295 e. The number of ether oxygens (including phenoxy) is 2. The van der Waals surface area contributed by atoms with Gasteiger partial charge in [0.25, 0.3) is 11.7 Å². The lowest BCUT2D eigenvalue weighted by Gasteiger charge is -2.26. The molecule has 0 spiro atoms. The molecule has 0 saturated carbocycles. The Bertz CT molecular complexity index is 1370. The molecule has 0 aromatic heterocycles. The number of ketones is 1. The number of hydrogen-bond donors (Lipinski definition) is 2. The Morgan fingerprint density at radius 3 is 2.41 bits per heavy atom. The van der Waals surface area contributed by atoms with Gasteiger partial charge in [0.15, 0.2) is 11.5 Å². The van der Waals surface area contributed by atoms with Gasteiger partial charge in [0.05, 0.1) is 25.3 Å². The summed E-state index contributed by atoms with van der Waals surface area (Å²) < 4.78 is 24.2. The van der Waals surface area contributed by atoms with Crippen LogP contribution >= 0.6 is 0 Å². The maximum Gasteiger partial charge on any atom is 0.295 e. The summed E-state index contributed by atoms with van der Waals surface area (Å²) in [4.78, 5) is 27.9. The molecule has 3 aromatic rings. The topological polar surface area (TPSA) is 96.3 Å². The molecule has 0 radical (unpaired) electrons. The molecule has 4 rings (SSSR count). The predicted octanol–water partition coefficient (Wildman–Crippen LogP) is 4.91. The van der Waals surface area contributed by atoms with Crippen molar-refractivity contribution in [2.24, 2.45) is 0 Å². The van der Waals surface area contributed by atoms with Gasteiger partial charge in [-0.2, -0.15) is 0 Å². The summed E-state index contributed by atoms with van der Waals surface area (Å²) in [6.07, 6.45) is 0.363. The lowest BCUT2D eigenvalue weighted by Crippen LogP contribution is -2.31. The van der Waals surface area contributed by atoms with Crippen molar-refractivity contribution in [2.75, 3.05) is 20.3 Å². The van der Waals surface area contributed by atoms with E-state index in [-0.39, 0.29) is 35.2 Å². The average molecular weight is 506 g/mol. The van der Waals surface area contributed by atoms with Crippen LogP contribution in [-0.4, -0.2) is 47.1 Å². The molecule has 192 valence electrons. The van der Waals surface area contributed by atoms with Crippen molar-refractivity contribution in [1.29, 1.82) is 0 Å². The van der Waals surface area contributed by atoms with Gasteiger partial charge < -0.3 is 24.6 Å². The summed E-state index contributed by atoms with van der Waals surface area (Å²) in [5.41, 5.74) is 2.32. The zero-order valence-electron chi connectivity index (χ0n) is 20.8. The fourth-order valence-corrected chi connectivity index (χ4v) is 4.51. The highest BCUT2D eigenvalue weighted by Crippen LogP contribution is 2.42. The number of aliphatic hydroxyl groups excluding tert-OH is 1. The molecule has 8 heteroatoms. The number of carbonyl (C=O) groups excluding carboxylic acids is 2. The first-order valence-corrected chi connectivity index (χ1v) is 11.9. The van der Waals surface area contributed by atoms with Crippen molar-refractivity contribution in [1.82, 2.24) is 4.90 Å². The quantitative estimate of drug-likeness (QED) is 0.257. The summed E-state index contributed by atoms with van der Waals surface area (Å²) in [6.45, 7) is 4.02. The van der Waals surface area contributed by atoms with E-state index in [4.69, 9.17) is 9.47 Å². The Hall–Kier alpha value is -4.33. The third-order valence-corrected chi connectivity index (χ3v) is 6.36. The number of carbonyl (C=O) groups is 2. The molecule has 0 aliphatic carbocycles. The minimum absolute atomic E-state index is 0.0678. The van der Waals surface area contributed by atoms with Crippen LogP contribution in [0.5, 0.6) is 17.2 Å². The minimum atomic E-state index is -0.928. The van der Waals surface area contributed by atoms with Crippen molar-refractivity contribution in [2.45, 2.75) is 26.3 Å². The van der Waals surface area contributed by atoms with Gasteiger partial charge in [-0.05, 0) is 79.4 Å². The maximum absolute atomic E-state index is 13.4. The monoisotopic (exact) mass is 505 g/mol. The summed E-state index contributed by atoms with van der Waals surface area (Å²) in [7, 11) is 1.54. The van der Waals surface area contributed by atoms with Gasteiger partial charge in [-0.3, -0.25) is 9.59 Å². The second kappa shape index (κ2) is 10.7. The third-order valence-electron chi connectivity index (χ3n) is 6.36. The fourth-order valence-electron chi connectivity index (χ4n) is 4.51. The Balaban J connectivity index is 1.82. The van der Waals surface area contributed by atoms with E-state index in [1.54, 1.807) is 49.4 Å². The summed E-state index contributed by atoms with van der Waals surface area (Å²) >= 11 is 0. The molecule has 1 fully saturated rings. The van der Waals surface area contributed by atoms with Crippen LogP contribution in [0, 0.1) is 12.7 Å². The van der Waals surface area contributed by atoms with Crippen LogP contribution < -0.4 is 9.47 Å². The van der Waals surface area contributed by atoms with Crippen molar-refractivity contribution in [3.05, 3.63) is 94.3 Å². The van der Waals surface area contributed by atoms with E-state index >= 15 is 0 Å². The number of hydrogen-bond acceptors (Lipinski definition) is 6. The number of methoxy groups -OCH3 is 1. The second-order valence-corrected chi connectivity index (χ2v) is 8.71. The van der Waals surface area contributed by atoms with Gasteiger partial charge in [0.1, 0.15) is 17.3 Å². The number of aliphatic hydroxyl groups is 1. The largest absolute Gasteiger partial charge is 0.507 e. The molecule has 1 unspecified atom stereocenters. The lowest BCUT2D eigenvalue weighted by molar-refractivity contribution is -0.139. The summed E-state index contributed by atoms with van der Waals surface area (Å²) in [6, 6.07) is 14.5. The standard InChI is InChI=1S/C29H28FNO6/c1-4-37-24-16-19(7-11-22(24)32)26-25(27(33)20-8-12-23(36-3)17(2)15-20)28(34)29(35)31(26)14-13-18-5-9-21(30)10-6-18/h5-12,15-16,26,32-33H,4,13-14H2,1-3H3/b27-25-. The number of halogens is 1. The van der Waals surface area contributed by atoms with Gasteiger partial charge in [0, 0.05) is 12.1 Å². The molecule has 1 aliphatic rings. The van der Waals surface area contributed by atoms with E-state index in [9.17, 15) is 24.2 Å².